The van der Waals surface area contributed by atoms with E-state index in [-0.39, 0.29) is 6.04 Å². The second-order valence-electron chi connectivity index (χ2n) is 4.74. The topological polar surface area (TPSA) is 56.3 Å². The summed E-state index contributed by atoms with van der Waals surface area (Å²) < 4.78 is 10.6. The molecular formula is C16H21N3O2. The van der Waals surface area contributed by atoms with Crippen LogP contribution in [0.1, 0.15) is 31.1 Å². The first-order valence-electron chi connectivity index (χ1n) is 7.01. The molecule has 1 atom stereocenters. The Morgan fingerprint density at radius 2 is 1.90 bits per heavy atom. The normalized spacial score (nSPS) is 11.8. The van der Waals surface area contributed by atoms with Crippen molar-refractivity contribution >= 4 is 5.95 Å². The minimum absolute atomic E-state index is 0.0900. The van der Waals surface area contributed by atoms with Crippen molar-refractivity contribution in [2.24, 2.45) is 0 Å². The van der Waals surface area contributed by atoms with Gasteiger partial charge in [0.15, 0.2) is 0 Å². The lowest BCUT2D eigenvalue weighted by Gasteiger charge is -2.15. The number of aromatic nitrogens is 2. The van der Waals surface area contributed by atoms with Crippen LogP contribution >= 0.6 is 0 Å². The summed E-state index contributed by atoms with van der Waals surface area (Å²) in [7, 11) is 1.66. The van der Waals surface area contributed by atoms with E-state index in [4.69, 9.17) is 9.47 Å². The fraction of sp³-hybridized carbons (Fsp3) is 0.375. The first-order valence-corrected chi connectivity index (χ1v) is 7.01. The zero-order chi connectivity index (χ0) is 15.2. The molecule has 1 aromatic heterocycles. The lowest BCUT2D eigenvalue weighted by Crippen LogP contribution is -2.10. The van der Waals surface area contributed by atoms with E-state index < -0.39 is 0 Å². The summed E-state index contributed by atoms with van der Waals surface area (Å²) in [5.41, 5.74) is 2.01. The van der Waals surface area contributed by atoms with E-state index in [1.807, 2.05) is 44.2 Å². The van der Waals surface area contributed by atoms with Crippen molar-refractivity contribution in [3.05, 3.63) is 41.6 Å². The Morgan fingerprint density at radius 1 is 1.19 bits per heavy atom. The zero-order valence-corrected chi connectivity index (χ0v) is 12.9. The summed E-state index contributed by atoms with van der Waals surface area (Å²) in [4.78, 5) is 8.74. The first kappa shape index (κ1) is 15.1. The minimum Gasteiger partial charge on any atom is -0.497 e. The summed E-state index contributed by atoms with van der Waals surface area (Å²) in [5.74, 6) is 2.01. The number of anilines is 1. The van der Waals surface area contributed by atoms with Gasteiger partial charge < -0.3 is 14.8 Å². The van der Waals surface area contributed by atoms with Crippen molar-refractivity contribution in [3.63, 3.8) is 0 Å². The smallest absolute Gasteiger partial charge is 0.226 e. The molecule has 1 aromatic carbocycles. The van der Waals surface area contributed by atoms with Gasteiger partial charge in [0.05, 0.1) is 19.8 Å². The number of aryl methyl sites for hydroxylation is 1. The molecule has 21 heavy (non-hydrogen) atoms. The quantitative estimate of drug-likeness (QED) is 0.882. The number of nitrogens with zero attached hydrogens (tertiary/aromatic N) is 2. The lowest BCUT2D eigenvalue weighted by molar-refractivity contribution is 0.326. The lowest BCUT2D eigenvalue weighted by atomic mass is 10.1. The molecule has 112 valence electrons. The summed E-state index contributed by atoms with van der Waals surface area (Å²) in [6.07, 6.45) is 0. The van der Waals surface area contributed by atoms with Crippen molar-refractivity contribution in [2.75, 3.05) is 19.0 Å². The Labute approximate surface area is 125 Å². The van der Waals surface area contributed by atoms with E-state index in [1.54, 1.807) is 7.11 Å². The second kappa shape index (κ2) is 6.92. The van der Waals surface area contributed by atoms with Gasteiger partial charge >= 0.3 is 0 Å². The molecule has 2 aromatic rings. The molecule has 0 bridgehead atoms. The van der Waals surface area contributed by atoms with Gasteiger partial charge in [-0.25, -0.2) is 4.98 Å². The molecule has 5 heteroatoms. The molecule has 0 spiro atoms. The van der Waals surface area contributed by atoms with Gasteiger partial charge in [-0.15, -0.1) is 0 Å². The molecule has 0 saturated heterocycles. The molecule has 1 unspecified atom stereocenters. The highest BCUT2D eigenvalue weighted by Crippen LogP contribution is 2.21. The number of methoxy groups -OCH3 is 1. The highest BCUT2D eigenvalue weighted by molar-refractivity contribution is 5.36. The SMILES string of the molecule is CCOc1cc(C)nc(NC(C)c2ccc(OC)cc2)n1. The molecule has 0 amide bonds. The summed E-state index contributed by atoms with van der Waals surface area (Å²) in [6.45, 7) is 6.51. The largest absolute Gasteiger partial charge is 0.497 e. The highest BCUT2D eigenvalue weighted by Gasteiger charge is 2.09. The van der Waals surface area contributed by atoms with Crippen LogP contribution in [0.15, 0.2) is 30.3 Å². The molecular weight excluding hydrogens is 266 g/mol. The van der Waals surface area contributed by atoms with Crippen LogP contribution in [0.5, 0.6) is 11.6 Å². The van der Waals surface area contributed by atoms with Crippen LogP contribution < -0.4 is 14.8 Å². The predicted molar refractivity (Wildman–Crippen MR) is 83.0 cm³/mol. The molecule has 0 aliphatic carbocycles. The van der Waals surface area contributed by atoms with E-state index >= 15 is 0 Å². The van der Waals surface area contributed by atoms with E-state index in [0.29, 0.717) is 18.4 Å². The van der Waals surface area contributed by atoms with Gasteiger partial charge in [0, 0.05) is 11.8 Å². The fourth-order valence-corrected chi connectivity index (χ4v) is 2.00. The van der Waals surface area contributed by atoms with Gasteiger partial charge in [0.25, 0.3) is 0 Å². The van der Waals surface area contributed by atoms with E-state index in [2.05, 4.69) is 22.2 Å². The van der Waals surface area contributed by atoms with Crippen molar-refractivity contribution in [2.45, 2.75) is 26.8 Å². The van der Waals surface area contributed by atoms with Crippen molar-refractivity contribution in [3.8, 4) is 11.6 Å². The van der Waals surface area contributed by atoms with Crippen LogP contribution in [-0.2, 0) is 0 Å². The van der Waals surface area contributed by atoms with E-state index in [1.165, 1.54) is 0 Å². The van der Waals surface area contributed by atoms with E-state index in [0.717, 1.165) is 17.0 Å². The van der Waals surface area contributed by atoms with Crippen LogP contribution in [0.2, 0.25) is 0 Å². The maximum atomic E-state index is 5.44. The van der Waals surface area contributed by atoms with Crippen LogP contribution in [0.25, 0.3) is 0 Å². The van der Waals surface area contributed by atoms with Gasteiger partial charge in [0.1, 0.15) is 5.75 Å². The molecule has 2 rings (SSSR count). The van der Waals surface area contributed by atoms with Gasteiger partial charge in [-0.3, -0.25) is 0 Å². The maximum absolute atomic E-state index is 5.44. The highest BCUT2D eigenvalue weighted by atomic mass is 16.5. The molecule has 1 heterocycles. The van der Waals surface area contributed by atoms with Crippen molar-refractivity contribution in [1.29, 1.82) is 0 Å². The standard InChI is InChI=1S/C16H21N3O2/c1-5-21-15-10-11(2)17-16(19-15)18-12(3)13-6-8-14(20-4)9-7-13/h6-10,12H,5H2,1-4H3,(H,17,18,19). The van der Waals surface area contributed by atoms with E-state index in [9.17, 15) is 0 Å². The van der Waals surface area contributed by atoms with Crippen LogP contribution in [-0.4, -0.2) is 23.7 Å². The Hall–Kier alpha value is -2.30. The third-order valence-electron chi connectivity index (χ3n) is 3.08. The number of ether oxygens (including phenoxy) is 2. The van der Waals surface area contributed by atoms with Gasteiger partial charge in [-0.05, 0) is 38.5 Å². The van der Waals surface area contributed by atoms with Crippen molar-refractivity contribution in [1.82, 2.24) is 9.97 Å². The molecule has 0 aliphatic rings. The average molecular weight is 287 g/mol. The van der Waals surface area contributed by atoms with Gasteiger partial charge in [0.2, 0.25) is 11.8 Å². The van der Waals surface area contributed by atoms with Crippen LogP contribution in [0.4, 0.5) is 5.95 Å². The summed E-state index contributed by atoms with van der Waals surface area (Å²) >= 11 is 0. The number of nitrogens with one attached hydrogen (secondary N) is 1. The maximum Gasteiger partial charge on any atom is 0.226 e. The number of hydrogen-bond donors (Lipinski definition) is 1. The molecule has 0 radical (unpaired) electrons. The second-order valence-corrected chi connectivity index (χ2v) is 4.74. The third kappa shape index (κ3) is 4.08. The monoisotopic (exact) mass is 287 g/mol. The number of benzene rings is 1. The molecule has 0 fully saturated rings. The molecule has 0 saturated carbocycles. The number of hydrogen-bond acceptors (Lipinski definition) is 5. The molecule has 5 nitrogen and oxygen atoms in total. The third-order valence-corrected chi connectivity index (χ3v) is 3.08. The summed E-state index contributed by atoms with van der Waals surface area (Å²) in [5, 5.41) is 3.29. The first-order chi connectivity index (χ1) is 10.1. The Bertz CT molecular complexity index is 585. The zero-order valence-electron chi connectivity index (χ0n) is 12.9. The van der Waals surface area contributed by atoms with Gasteiger partial charge in [-0.2, -0.15) is 4.98 Å². The summed E-state index contributed by atoms with van der Waals surface area (Å²) in [6, 6.07) is 9.84. The Morgan fingerprint density at radius 3 is 2.52 bits per heavy atom. The Balaban J connectivity index is 2.12. The average Bonchev–Trinajstić information content (AvgIpc) is 2.47. The Kier molecular flexibility index (Phi) is 4.98. The van der Waals surface area contributed by atoms with Crippen molar-refractivity contribution < 1.29 is 9.47 Å². The molecule has 0 aliphatic heterocycles. The van der Waals surface area contributed by atoms with Gasteiger partial charge in [-0.1, -0.05) is 12.1 Å². The van der Waals surface area contributed by atoms with Crippen LogP contribution in [0, 0.1) is 6.92 Å². The minimum atomic E-state index is 0.0900. The predicted octanol–water partition coefficient (Wildman–Crippen LogP) is 3.37. The number of rotatable bonds is 6. The fourth-order valence-electron chi connectivity index (χ4n) is 2.00. The van der Waals surface area contributed by atoms with Crippen LogP contribution in [0.3, 0.4) is 0 Å². The molecule has 1 N–H and O–H groups in total.